The van der Waals surface area contributed by atoms with Crippen molar-refractivity contribution in [3.63, 3.8) is 0 Å². The quantitative estimate of drug-likeness (QED) is 0.389. The molecule has 1 aromatic rings. The van der Waals surface area contributed by atoms with Gasteiger partial charge in [-0.05, 0) is 24.5 Å². The Hall–Kier alpha value is -2.14. The van der Waals surface area contributed by atoms with E-state index in [2.05, 4.69) is 6.92 Å². The van der Waals surface area contributed by atoms with E-state index in [0.29, 0.717) is 6.42 Å². The zero-order chi connectivity index (χ0) is 19.9. The molecule has 3 unspecified atom stereocenters. The van der Waals surface area contributed by atoms with Crippen LogP contribution in [0.25, 0.3) is 0 Å². The fourth-order valence-corrected chi connectivity index (χ4v) is 3.87. The van der Waals surface area contributed by atoms with E-state index in [4.69, 9.17) is 4.74 Å². The number of Topliss-reactive ketones (excluding diaryl/α,β-unsaturated/α-hetero) is 1. The lowest BCUT2D eigenvalue weighted by Crippen LogP contribution is -2.49. The number of ether oxygens (including phenoxy) is 1. The molecule has 0 aromatic heterocycles. The molecule has 5 nitrogen and oxygen atoms in total. The van der Waals surface area contributed by atoms with Gasteiger partial charge in [0.25, 0.3) is 0 Å². The summed E-state index contributed by atoms with van der Waals surface area (Å²) in [6, 6.07) is 9.21. The molecule has 0 saturated heterocycles. The third kappa shape index (κ3) is 5.19. The van der Waals surface area contributed by atoms with Crippen LogP contribution in [0.5, 0.6) is 0 Å². The van der Waals surface area contributed by atoms with Gasteiger partial charge in [-0.3, -0.25) is 9.59 Å². The van der Waals surface area contributed by atoms with Gasteiger partial charge in [0.15, 0.2) is 11.4 Å². The fraction of sp³-hybridized carbons (Fsp3) is 0.545. The average Bonchev–Trinajstić information content (AvgIpc) is 2.84. The predicted octanol–water partition coefficient (Wildman–Crippen LogP) is 3.89. The van der Waals surface area contributed by atoms with Gasteiger partial charge in [-0.15, -0.1) is 0 Å². The van der Waals surface area contributed by atoms with Crippen LogP contribution in [0.2, 0.25) is 0 Å². The van der Waals surface area contributed by atoms with Gasteiger partial charge < -0.3 is 14.9 Å². The minimum Gasteiger partial charge on any atom is -0.512 e. The van der Waals surface area contributed by atoms with E-state index in [1.807, 2.05) is 30.3 Å². The summed E-state index contributed by atoms with van der Waals surface area (Å²) in [6.07, 6.45) is 5.46. The van der Waals surface area contributed by atoms with Crippen LogP contribution in [0.15, 0.2) is 42.2 Å². The predicted molar refractivity (Wildman–Crippen MR) is 103 cm³/mol. The van der Waals surface area contributed by atoms with Crippen molar-refractivity contribution in [3.05, 3.63) is 47.7 Å². The van der Waals surface area contributed by atoms with Crippen molar-refractivity contribution in [1.82, 2.24) is 0 Å². The zero-order valence-electron chi connectivity index (χ0n) is 16.2. The highest BCUT2D eigenvalue weighted by Crippen LogP contribution is 2.42. The third-order valence-corrected chi connectivity index (χ3v) is 5.12. The molecule has 148 valence electrons. The molecule has 1 aliphatic carbocycles. The fourth-order valence-electron chi connectivity index (χ4n) is 3.87. The Morgan fingerprint density at radius 3 is 2.59 bits per heavy atom. The van der Waals surface area contributed by atoms with Gasteiger partial charge in [-0.1, -0.05) is 56.5 Å². The van der Waals surface area contributed by atoms with Crippen molar-refractivity contribution in [2.24, 2.45) is 5.92 Å². The molecule has 1 fully saturated rings. The maximum Gasteiger partial charge on any atom is 0.303 e. The second-order valence-corrected chi connectivity index (χ2v) is 7.30. The van der Waals surface area contributed by atoms with Gasteiger partial charge in [0.1, 0.15) is 0 Å². The Labute approximate surface area is 161 Å². The van der Waals surface area contributed by atoms with E-state index in [-0.39, 0.29) is 24.4 Å². The van der Waals surface area contributed by atoms with E-state index in [1.165, 1.54) is 6.92 Å². The number of aliphatic hydroxyl groups excluding tert-OH is 2. The van der Waals surface area contributed by atoms with Crippen LogP contribution in [-0.4, -0.2) is 33.7 Å². The smallest absolute Gasteiger partial charge is 0.303 e. The lowest BCUT2D eigenvalue weighted by atomic mass is 9.81. The molecule has 3 atom stereocenters. The molecule has 1 saturated carbocycles. The van der Waals surface area contributed by atoms with Gasteiger partial charge >= 0.3 is 5.97 Å². The van der Waals surface area contributed by atoms with Crippen LogP contribution in [0, 0.1) is 5.92 Å². The third-order valence-electron chi connectivity index (χ3n) is 5.12. The zero-order valence-corrected chi connectivity index (χ0v) is 16.2. The highest BCUT2D eigenvalue weighted by atomic mass is 16.6. The molecule has 0 radical (unpaired) electrons. The molecule has 0 bridgehead atoms. The van der Waals surface area contributed by atoms with E-state index in [1.54, 1.807) is 6.08 Å². The molecule has 0 amide bonds. The van der Waals surface area contributed by atoms with Crippen molar-refractivity contribution < 1.29 is 24.5 Å². The van der Waals surface area contributed by atoms with Gasteiger partial charge in [0.05, 0.1) is 17.8 Å². The first-order chi connectivity index (χ1) is 12.9. The average molecular weight is 374 g/mol. The first kappa shape index (κ1) is 21.2. The molecule has 0 heterocycles. The first-order valence-electron chi connectivity index (χ1n) is 9.74. The number of ketones is 1. The van der Waals surface area contributed by atoms with E-state index in [0.717, 1.165) is 31.2 Å². The molecule has 2 N–H and O–H groups in total. The topological polar surface area (TPSA) is 83.8 Å². The number of carbonyl (C=O) groups excluding carboxylic acids is 2. The van der Waals surface area contributed by atoms with E-state index >= 15 is 0 Å². The number of hydrogen-bond donors (Lipinski definition) is 2. The van der Waals surface area contributed by atoms with Crippen molar-refractivity contribution in [1.29, 1.82) is 0 Å². The number of benzene rings is 1. The van der Waals surface area contributed by atoms with Crippen molar-refractivity contribution in [2.45, 2.75) is 70.5 Å². The Morgan fingerprint density at radius 2 is 1.96 bits per heavy atom. The molecule has 1 aromatic carbocycles. The molecule has 5 heteroatoms. The summed E-state index contributed by atoms with van der Waals surface area (Å²) in [5.74, 6) is -1.97. The Kier molecular flexibility index (Phi) is 7.60. The van der Waals surface area contributed by atoms with Crippen LogP contribution >= 0.6 is 0 Å². The van der Waals surface area contributed by atoms with Crippen LogP contribution in [-0.2, 0) is 20.7 Å². The van der Waals surface area contributed by atoms with Gasteiger partial charge in [-0.2, -0.15) is 0 Å². The maximum atomic E-state index is 12.8. The lowest BCUT2D eigenvalue weighted by molar-refractivity contribution is -0.168. The monoisotopic (exact) mass is 374 g/mol. The van der Waals surface area contributed by atoms with Gasteiger partial charge in [0, 0.05) is 19.8 Å². The number of esters is 1. The van der Waals surface area contributed by atoms with Gasteiger partial charge in [0.2, 0.25) is 0 Å². The molecule has 0 spiro atoms. The maximum absolute atomic E-state index is 12.8. The summed E-state index contributed by atoms with van der Waals surface area (Å²) >= 11 is 0. The van der Waals surface area contributed by atoms with Crippen LogP contribution in [0.3, 0.4) is 0 Å². The Bertz CT molecular complexity index is 667. The first-order valence-corrected chi connectivity index (χ1v) is 9.74. The van der Waals surface area contributed by atoms with Crippen molar-refractivity contribution in [2.75, 3.05) is 0 Å². The van der Waals surface area contributed by atoms with E-state index in [9.17, 15) is 19.8 Å². The standard InChI is InChI=1S/C22H30O5/c1-3-4-5-6-10-13-18(24)21-19(25)14-20(26)22(21,27-16(2)23)15-17-11-8-7-9-12-17/h7-9,11-13,19,21,24-25H,3-6,10,14-15H2,1-2H3/b18-13+. The van der Waals surface area contributed by atoms with Gasteiger partial charge in [-0.25, -0.2) is 0 Å². The summed E-state index contributed by atoms with van der Waals surface area (Å²) in [7, 11) is 0. The Morgan fingerprint density at radius 1 is 1.26 bits per heavy atom. The largest absolute Gasteiger partial charge is 0.512 e. The van der Waals surface area contributed by atoms with Crippen LogP contribution in [0.1, 0.15) is 57.9 Å². The number of carbonyl (C=O) groups is 2. The highest BCUT2D eigenvalue weighted by Gasteiger charge is 2.59. The number of allylic oxidation sites excluding steroid dienone is 1. The second-order valence-electron chi connectivity index (χ2n) is 7.30. The van der Waals surface area contributed by atoms with E-state index < -0.39 is 23.6 Å². The summed E-state index contributed by atoms with van der Waals surface area (Å²) in [4.78, 5) is 24.6. The summed E-state index contributed by atoms with van der Waals surface area (Å²) < 4.78 is 5.51. The number of unbranched alkanes of at least 4 members (excludes halogenated alkanes) is 4. The number of rotatable bonds is 9. The van der Waals surface area contributed by atoms with Crippen LogP contribution in [0.4, 0.5) is 0 Å². The number of aliphatic hydroxyl groups is 2. The molecule has 1 aliphatic rings. The normalized spacial score (nSPS) is 25.6. The van der Waals surface area contributed by atoms with Crippen molar-refractivity contribution >= 4 is 11.8 Å². The highest BCUT2D eigenvalue weighted by molar-refractivity contribution is 5.93. The van der Waals surface area contributed by atoms with Crippen LogP contribution < -0.4 is 0 Å². The second kappa shape index (κ2) is 9.70. The van der Waals surface area contributed by atoms with Crippen molar-refractivity contribution in [3.8, 4) is 0 Å². The molecule has 2 rings (SSSR count). The molecular formula is C22H30O5. The summed E-state index contributed by atoms with van der Waals surface area (Å²) in [5.41, 5.74) is -0.765. The minimum absolute atomic E-state index is 0.0676. The molecular weight excluding hydrogens is 344 g/mol. The lowest BCUT2D eigenvalue weighted by Gasteiger charge is -2.34. The SMILES string of the molecule is CCCCCC/C=C(/O)C1C(O)CC(=O)C1(Cc1ccccc1)OC(C)=O. The number of hydrogen-bond acceptors (Lipinski definition) is 5. The summed E-state index contributed by atoms with van der Waals surface area (Å²) in [6.45, 7) is 3.37. The molecule has 27 heavy (non-hydrogen) atoms. The Balaban J connectivity index is 2.30. The minimum atomic E-state index is -1.57. The molecule has 0 aliphatic heterocycles. The summed E-state index contributed by atoms with van der Waals surface area (Å²) in [5, 5.41) is 21.2.